The molecule has 2 aromatic rings. The Labute approximate surface area is 217 Å². The van der Waals surface area contributed by atoms with Gasteiger partial charge in [-0.25, -0.2) is 0 Å². The Morgan fingerprint density at radius 3 is 2.38 bits per heavy atom. The molecule has 2 aromatic carbocycles. The van der Waals surface area contributed by atoms with E-state index in [0.29, 0.717) is 29.7 Å². The van der Waals surface area contributed by atoms with Gasteiger partial charge in [-0.15, -0.1) is 0 Å². The molecule has 4 atom stereocenters. The fourth-order valence-electron chi connectivity index (χ4n) is 5.13. The van der Waals surface area contributed by atoms with Crippen molar-refractivity contribution < 1.29 is 19.1 Å². The topological polar surface area (TPSA) is 68.2 Å². The van der Waals surface area contributed by atoms with Gasteiger partial charge in [-0.1, -0.05) is 42.0 Å². The van der Waals surface area contributed by atoms with Gasteiger partial charge in [-0.3, -0.25) is 9.59 Å². The lowest BCUT2D eigenvalue weighted by molar-refractivity contribution is -0.140. The van der Waals surface area contributed by atoms with Crippen LogP contribution in [0.2, 0.25) is 5.02 Å². The lowest BCUT2D eigenvalue weighted by Gasteiger charge is -2.37. The smallest absolute Gasteiger partial charge is 0.254 e. The van der Waals surface area contributed by atoms with Crippen LogP contribution in [0.15, 0.2) is 53.7 Å². The average Bonchev–Trinajstić information content (AvgIpc) is 3.11. The summed E-state index contributed by atoms with van der Waals surface area (Å²) in [5.41, 5.74) is 1.60. The van der Waals surface area contributed by atoms with Crippen LogP contribution in [0.4, 0.5) is 0 Å². The van der Waals surface area contributed by atoms with E-state index in [1.54, 1.807) is 12.3 Å². The second-order valence-corrected chi connectivity index (χ2v) is 10.3. The summed E-state index contributed by atoms with van der Waals surface area (Å²) in [6, 6.07) is 11.2. The average molecular weight is 591 g/mol. The van der Waals surface area contributed by atoms with Crippen LogP contribution in [0, 0.1) is 27.2 Å². The molecule has 2 bridgehead atoms. The highest BCUT2D eigenvalue weighted by molar-refractivity contribution is 14.1. The Bertz CT molecular complexity index is 1170. The molecule has 0 spiro atoms. The Kier molecular flexibility index (Phi) is 6.66. The number of halogens is 2. The van der Waals surface area contributed by atoms with Crippen LogP contribution in [0.5, 0.6) is 11.5 Å². The number of hydrogen-bond donors (Lipinski definition) is 0. The van der Waals surface area contributed by atoms with Crippen molar-refractivity contribution in [2.45, 2.75) is 26.4 Å². The van der Waals surface area contributed by atoms with E-state index < -0.39 is 0 Å². The van der Waals surface area contributed by atoms with Crippen molar-refractivity contribution in [1.82, 2.24) is 5.01 Å². The molecule has 176 valence electrons. The minimum atomic E-state index is -0.270. The molecule has 1 saturated heterocycles. The number of ether oxygens (including phenoxy) is 2. The van der Waals surface area contributed by atoms with Crippen LogP contribution in [0.3, 0.4) is 0 Å². The first kappa shape index (κ1) is 23.4. The zero-order valence-electron chi connectivity index (χ0n) is 18.6. The summed E-state index contributed by atoms with van der Waals surface area (Å²) in [6.07, 6.45) is 7.68. The minimum Gasteiger partial charge on any atom is -0.490 e. The molecular weight excluding hydrogens is 567 g/mol. The van der Waals surface area contributed by atoms with Crippen LogP contribution in [-0.4, -0.2) is 29.6 Å². The molecule has 1 aliphatic heterocycles. The third-order valence-electron chi connectivity index (χ3n) is 6.72. The predicted molar refractivity (Wildman–Crippen MR) is 138 cm³/mol. The fourth-order valence-corrected chi connectivity index (χ4v) is 6.10. The van der Waals surface area contributed by atoms with Crippen molar-refractivity contribution in [3.63, 3.8) is 0 Å². The fraction of sp³-hybridized carbons (Fsp3) is 0.346. The lowest BCUT2D eigenvalue weighted by Crippen LogP contribution is -2.38. The highest BCUT2D eigenvalue weighted by Gasteiger charge is 2.56. The van der Waals surface area contributed by atoms with E-state index in [2.05, 4.69) is 39.8 Å². The SMILES string of the molecule is CCOc1cc(/C=N\N2C(=O)[C@H]3[C@H](C2=O)[C@H]2C=C[C@H]3CC2)cc(I)c1OCc1ccccc1Cl. The van der Waals surface area contributed by atoms with Crippen molar-refractivity contribution in [3.05, 3.63) is 68.3 Å². The number of benzene rings is 2. The molecule has 34 heavy (non-hydrogen) atoms. The number of hydrogen-bond acceptors (Lipinski definition) is 5. The lowest BCUT2D eigenvalue weighted by atomic mass is 9.63. The van der Waals surface area contributed by atoms with Gasteiger partial charge < -0.3 is 9.47 Å². The molecule has 0 aromatic heterocycles. The Morgan fingerprint density at radius 2 is 1.76 bits per heavy atom. The summed E-state index contributed by atoms with van der Waals surface area (Å²) in [7, 11) is 0. The van der Waals surface area contributed by atoms with Gasteiger partial charge in [0.2, 0.25) is 0 Å². The Morgan fingerprint density at radius 1 is 1.09 bits per heavy atom. The maximum absolute atomic E-state index is 13.0. The van der Waals surface area contributed by atoms with E-state index in [-0.39, 0.29) is 35.5 Å². The zero-order chi connectivity index (χ0) is 23.8. The number of carbonyl (C=O) groups excluding carboxylic acids is 2. The summed E-state index contributed by atoms with van der Waals surface area (Å²) in [4.78, 5) is 26.0. The standard InChI is InChI=1S/C26H24ClIN2O4/c1-2-33-21-12-15(11-20(28)24(21)34-14-18-5-3-4-6-19(18)27)13-29-30-25(31)22-16-7-8-17(10-9-16)23(22)26(30)32/h3-8,11-13,16-17,22-23H,2,9-10,14H2,1H3/b29-13-/t16-,17-,22+,23+/m0/s1. The molecule has 1 heterocycles. The number of allylic oxidation sites excluding steroid dienone is 2. The largest absolute Gasteiger partial charge is 0.490 e. The van der Waals surface area contributed by atoms with Crippen molar-refractivity contribution in [2.24, 2.45) is 28.8 Å². The molecule has 8 heteroatoms. The highest BCUT2D eigenvalue weighted by Crippen LogP contribution is 2.49. The number of nitrogens with zero attached hydrogens (tertiary/aromatic N) is 2. The summed E-state index contributed by atoms with van der Waals surface area (Å²) in [6.45, 7) is 2.66. The summed E-state index contributed by atoms with van der Waals surface area (Å²) < 4.78 is 12.7. The monoisotopic (exact) mass is 590 g/mol. The number of imide groups is 1. The second-order valence-electron chi connectivity index (χ2n) is 8.72. The Balaban J connectivity index is 1.36. The van der Waals surface area contributed by atoms with Crippen molar-refractivity contribution >= 4 is 52.2 Å². The first-order valence-corrected chi connectivity index (χ1v) is 12.9. The van der Waals surface area contributed by atoms with Crippen LogP contribution in [0.1, 0.15) is 30.9 Å². The predicted octanol–water partition coefficient (Wildman–Crippen LogP) is 5.45. The number of hydrazone groups is 1. The molecule has 4 aliphatic rings. The van der Waals surface area contributed by atoms with E-state index in [1.807, 2.05) is 37.3 Å². The van der Waals surface area contributed by atoms with E-state index in [1.165, 1.54) is 0 Å². The molecule has 2 amide bonds. The maximum atomic E-state index is 13.0. The first-order valence-electron chi connectivity index (χ1n) is 11.4. The van der Waals surface area contributed by atoms with Crippen LogP contribution < -0.4 is 9.47 Å². The molecule has 0 N–H and O–H groups in total. The summed E-state index contributed by atoms with van der Waals surface area (Å²) in [5, 5.41) is 6.03. The molecule has 6 nitrogen and oxygen atoms in total. The third kappa shape index (κ3) is 4.24. The third-order valence-corrected chi connectivity index (χ3v) is 7.89. The zero-order valence-corrected chi connectivity index (χ0v) is 21.5. The van der Waals surface area contributed by atoms with E-state index in [9.17, 15) is 9.59 Å². The van der Waals surface area contributed by atoms with Crippen LogP contribution in [0.25, 0.3) is 0 Å². The second kappa shape index (κ2) is 9.70. The number of carbonyl (C=O) groups is 2. The van der Waals surface area contributed by atoms with E-state index in [4.69, 9.17) is 21.1 Å². The van der Waals surface area contributed by atoms with Gasteiger partial charge in [-0.05, 0) is 78.0 Å². The summed E-state index contributed by atoms with van der Waals surface area (Å²) >= 11 is 8.44. The van der Waals surface area contributed by atoms with Gasteiger partial charge in [0.1, 0.15) is 6.61 Å². The molecule has 1 saturated carbocycles. The van der Waals surface area contributed by atoms with E-state index in [0.717, 1.165) is 32.5 Å². The highest BCUT2D eigenvalue weighted by atomic mass is 127. The first-order chi connectivity index (χ1) is 16.5. The Hall–Kier alpha value is -2.39. The molecule has 0 unspecified atom stereocenters. The van der Waals surface area contributed by atoms with Gasteiger partial charge in [0.05, 0.1) is 28.2 Å². The van der Waals surface area contributed by atoms with Crippen LogP contribution >= 0.6 is 34.2 Å². The summed E-state index contributed by atoms with van der Waals surface area (Å²) in [5.74, 6) is 0.550. The van der Waals surface area contributed by atoms with Crippen molar-refractivity contribution in [3.8, 4) is 11.5 Å². The van der Waals surface area contributed by atoms with Crippen molar-refractivity contribution in [1.29, 1.82) is 0 Å². The van der Waals surface area contributed by atoms with Crippen molar-refractivity contribution in [2.75, 3.05) is 6.61 Å². The molecular formula is C26H24ClIN2O4. The number of amides is 2. The van der Waals surface area contributed by atoms with Crippen LogP contribution in [-0.2, 0) is 16.2 Å². The molecule has 3 aliphatic carbocycles. The van der Waals surface area contributed by atoms with Gasteiger partial charge in [0.25, 0.3) is 11.8 Å². The van der Waals surface area contributed by atoms with Gasteiger partial charge in [0, 0.05) is 10.6 Å². The number of fused-ring (bicyclic) bond motifs is 1. The molecule has 2 fully saturated rings. The van der Waals surface area contributed by atoms with E-state index >= 15 is 0 Å². The quantitative estimate of drug-likeness (QED) is 0.186. The van der Waals surface area contributed by atoms with Gasteiger partial charge in [0.15, 0.2) is 11.5 Å². The van der Waals surface area contributed by atoms with Gasteiger partial charge >= 0.3 is 0 Å². The van der Waals surface area contributed by atoms with Gasteiger partial charge in [-0.2, -0.15) is 10.1 Å². The normalized spacial score (nSPS) is 25.3. The number of rotatable bonds is 7. The molecule has 0 radical (unpaired) electrons. The maximum Gasteiger partial charge on any atom is 0.254 e. The minimum absolute atomic E-state index is 0.145. The molecule has 6 rings (SSSR count).